The summed E-state index contributed by atoms with van der Waals surface area (Å²) in [4.78, 5) is 0. The molecule has 0 radical (unpaired) electrons. The Hall–Kier alpha value is -0.300. The summed E-state index contributed by atoms with van der Waals surface area (Å²) in [6, 6.07) is 0. The van der Waals surface area contributed by atoms with Crippen molar-refractivity contribution >= 4 is 0 Å². The fraction of sp³-hybridized carbons (Fsp3) is 0.833. The predicted molar refractivity (Wildman–Crippen MR) is 58.7 cm³/mol. The van der Waals surface area contributed by atoms with Gasteiger partial charge in [-0.2, -0.15) is 0 Å². The molecule has 0 aromatic heterocycles. The molecule has 2 atom stereocenters. The van der Waals surface area contributed by atoms with Crippen molar-refractivity contribution in [2.75, 3.05) is 0 Å². The first-order valence-electron chi connectivity index (χ1n) is 5.56. The molecule has 1 heteroatoms. The molecule has 0 fully saturated rings. The van der Waals surface area contributed by atoms with E-state index in [0.29, 0.717) is 5.92 Å². The maximum absolute atomic E-state index is 9.80. The topological polar surface area (TPSA) is 20.2 Å². The molecule has 2 unspecified atom stereocenters. The van der Waals surface area contributed by atoms with Crippen molar-refractivity contribution in [1.29, 1.82) is 0 Å². The maximum atomic E-state index is 9.80. The number of rotatable bonds is 8. The van der Waals surface area contributed by atoms with Crippen LogP contribution in [-0.2, 0) is 0 Å². The summed E-state index contributed by atoms with van der Waals surface area (Å²) in [6.07, 6.45) is 8.44. The first-order chi connectivity index (χ1) is 6.26. The van der Waals surface area contributed by atoms with Gasteiger partial charge in [0.25, 0.3) is 0 Å². The first-order valence-corrected chi connectivity index (χ1v) is 5.56. The van der Waals surface area contributed by atoms with Gasteiger partial charge in [0, 0.05) is 5.92 Å². The van der Waals surface area contributed by atoms with Crippen LogP contribution >= 0.6 is 0 Å². The van der Waals surface area contributed by atoms with Gasteiger partial charge in [-0.05, 0) is 12.8 Å². The summed E-state index contributed by atoms with van der Waals surface area (Å²) in [5.41, 5.74) is 0. The Bertz CT molecular complexity index is 120. The first kappa shape index (κ1) is 12.7. The van der Waals surface area contributed by atoms with Crippen LogP contribution in [0.3, 0.4) is 0 Å². The van der Waals surface area contributed by atoms with Crippen molar-refractivity contribution in [1.82, 2.24) is 0 Å². The molecule has 0 rings (SSSR count). The predicted octanol–water partition coefficient (Wildman–Crippen LogP) is 3.53. The van der Waals surface area contributed by atoms with Gasteiger partial charge in [0.05, 0.1) is 6.10 Å². The highest BCUT2D eigenvalue weighted by atomic mass is 16.3. The Morgan fingerprint density at radius 3 is 2.15 bits per heavy atom. The normalized spacial score (nSPS) is 15.3. The third-order valence-corrected chi connectivity index (χ3v) is 2.54. The van der Waals surface area contributed by atoms with E-state index in [1.807, 2.05) is 6.08 Å². The molecule has 0 aromatic rings. The lowest BCUT2D eigenvalue weighted by atomic mass is 9.93. The molecular weight excluding hydrogens is 160 g/mol. The Labute approximate surface area is 82.9 Å². The Kier molecular flexibility index (Phi) is 8.11. The van der Waals surface area contributed by atoms with E-state index < -0.39 is 0 Å². The van der Waals surface area contributed by atoms with E-state index in [9.17, 15) is 5.11 Å². The van der Waals surface area contributed by atoms with Gasteiger partial charge in [0.15, 0.2) is 0 Å². The van der Waals surface area contributed by atoms with Gasteiger partial charge < -0.3 is 5.11 Å². The largest absolute Gasteiger partial charge is 0.393 e. The molecule has 0 aliphatic heterocycles. The lowest BCUT2D eigenvalue weighted by Gasteiger charge is -2.18. The molecule has 0 aliphatic carbocycles. The standard InChI is InChI=1S/C12H24O/c1-4-7-9-11(6-3)12(13)10-8-5-2/h6,11-13H,3-5,7-10H2,1-2H3. The van der Waals surface area contributed by atoms with Gasteiger partial charge >= 0.3 is 0 Å². The van der Waals surface area contributed by atoms with Crippen LogP contribution in [-0.4, -0.2) is 11.2 Å². The van der Waals surface area contributed by atoms with Crippen LogP contribution in [0.2, 0.25) is 0 Å². The number of aliphatic hydroxyl groups is 1. The van der Waals surface area contributed by atoms with Crippen molar-refractivity contribution in [3.05, 3.63) is 12.7 Å². The van der Waals surface area contributed by atoms with Crippen LogP contribution in [0.4, 0.5) is 0 Å². The SMILES string of the molecule is C=CC(CCCC)C(O)CCCC. The van der Waals surface area contributed by atoms with Crippen LogP contribution in [0, 0.1) is 5.92 Å². The van der Waals surface area contributed by atoms with E-state index in [0.717, 1.165) is 25.7 Å². The number of aliphatic hydroxyl groups excluding tert-OH is 1. The van der Waals surface area contributed by atoms with E-state index in [1.165, 1.54) is 12.8 Å². The zero-order valence-corrected chi connectivity index (χ0v) is 9.13. The Balaban J connectivity index is 3.70. The number of hydrogen-bond acceptors (Lipinski definition) is 1. The highest BCUT2D eigenvalue weighted by Crippen LogP contribution is 2.18. The molecule has 0 spiro atoms. The van der Waals surface area contributed by atoms with Gasteiger partial charge in [0.2, 0.25) is 0 Å². The second-order valence-corrected chi connectivity index (χ2v) is 3.75. The van der Waals surface area contributed by atoms with Crippen molar-refractivity contribution < 1.29 is 5.11 Å². The maximum Gasteiger partial charge on any atom is 0.0602 e. The molecular formula is C12H24O. The highest BCUT2D eigenvalue weighted by Gasteiger charge is 2.14. The average molecular weight is 184 g/mol. The van der Waals surface area contributed by atoms with E-state index in [4.69, 9.17) is 0 Å². The summed E-state index contributed by atoms with van der Waals surface area (Å²) in [5, 5.41) is 9.80. The summed E-state index contributed by atoms with van der Waals surface area (Å²) in [7, 11) is 0. The zero-order chi connectivity index (χ0) is 10.1. The highest BCUT2D eigenvalue weighted by molar-refractivity contribution is 4.84. The Morgan fingerprint density at radius 1 is 1.15 bits per heavy atom. The molecule has 0 heterocycles. The second-order valence-electron chi connectivity index (χ2n) is 3.75. The van der Waals surface area contributed by atoms with Gasteiger partial charge in [0.1, 0.15) is 0 Å². The molecule has 1 nitrogen and oxygen atoms in total. The van der Waals surface area contributed by atoms with E-state index >= 15 is 0 Å². The van der Waals surface area contributed by atoms with E-state index in [2.05, 4.69) is 20.4 Å². The molecule has 0 amide bonds. The van der Waals surface area contributed by atoms with Crippen LogP contribution in [0.15, 0.2) is 12.7 Å². The van der Waals surface area contributed by atoms with Crippen molar-refractivity contribution in [2.45, 2.75) is 58.5 Å². The monoisotopic (exact) mass is 184 g/mol. The number of hydrogen-bond donors (Lipinski definition) is 1. The van der Waals surface area contributed by atoms with Gasteiger partial charge in [-0.3, -0.25) is 0 Å². The summed E-state index contributed by atoms with van der Waals surface area (Å²) >= 11 is 0. The molecule has 0 aliphatic rings. The lowest BCUT2D eigenvalue weighted by Crippen LogP contribution is -2.18. The van der Waals surface area contributed by atoms with E-state index in [1.54, 1.807) is 0 Å². The van der Waals surface area contributed by atoms with Gasteiger partial charge in [-0.15, -0.1) is 6.58 Å². The summed E-state index contributed by atoms with van der Waals surface area (Å²) < 4.78 is 0. The molecule has 13 heavy (non-hydrogen) atoms. The molecule has 78 valence electrons. The molecule has 0 bridgehead atoms. The molecule has 0 saturated carbocycles. The van der Waals surface area contributed by atoms with Crippen LogP contribution in [0.25, 0.3) is 0 Å². The van der Waals surface area contributed by atoms with Crippen molar-refractivity contribution in [3.8, 4) is 0 Å². The minimum atomic E-state index is -0.163. The lowest BCUT2D eigenvalue weighted by molar-refractivity contribution is 0.113. The fourth-order valence-corrected chi connectivity index (χ4v) is 1.53. The van der Waals surface area contributed by atoms with Crippen LogP contribution in [0.5, 0.6) is 0 Å². The number of unbranched alkanes of at least 4 members (excludes halogenated alkanes) is 2. The van der Waals surface area contributed by atoms with Gasteiger partial charge in [-0.1, -0.05) is 45.6 Å². The smallest absolute Gasteiger partial charge is 0.0602 e. The van der Waals surface area contributed by atoms with Crippen molar-refractivity contribution in [3.63, 3.8) is 0 Å². The van der Waals surface area contributed by atoms with Crippen LogP contribution < -0.4 is 0 Å². The third-order valence-electron chi connectivity index (χ3n) is 2.54. The quantitative estimate of drug-likeness (QED) is 0.572. The van der Waals surface area contributed by atoms with E-state index in [-0.39, 0.29) is 6.10 Å². The minimum absolute atomic E-state index is 0.163. The Morgan fingerprint density at radius 2 is 1.69 bits per heavy atom. The molecule has 0 aromatic carbocycles. The third kappa shape index (κ3) is 5.87. The molecule has 1 N–H and O–H groups in total. The van der Waals surface area contributed by atoms with Crippen molar-refractivity contribution in [2.24, 2.45) is 5.92 Å². The summed E-state index contributed by atoms with van der Waals surface area (Å²) in [5.74, 6) is 0.312. The minimum Gasteiger partial charge on any atom is -0.393 e. The molecule has 0 saturated heterocycles. The average Bonchev–Trinajstić information content (AvgIpc) is 2.16. The zero-order valence-electron chi connectivity index (χ0n) is 9.13. The van der Waals surface area contributed by atoms with Crippen LogP contribution in [0.1, 0.15) is 52.4 Å². The fourth-order valence-electron chi connectivity index (χ4n) is 1.53. The summed E-state index contributed by atoms with van der Waals surface area (Å²) in [6.45, 7) is 8.12. The van der Waals surface area contributed by atoms with Gasteiger partial charge in [-0.25, -0.2) is 0 Å². The second kappa shape index (κ2) is 8.31.